The number of hydrogen-bond donors (Lipinski definition) is 0. The Morgan fingerprint density at radius 2 is 1.24 bits per heavy atom. The second kappa shape index (κ2) is 12.4. The van der Waals surface area contributed by atoms with Crippen molar-refractivity contribution < 1.29 is 30.9 Å². The van der Waals surface area contributed by atoms with Crippen LogP contribution in [0.4, 0.5) is 4.39 Å². The van der Waals surface area contributed by atoms with Gasteiger partial charge in [0.2, 0.25) is 0 Å². The van der Waals surface area contributed by atoms with Gasteiger partial charge < -0.3 is 21.7 Å². The molecule has 186 valence electrons. The van der Waals surface area contributed by atoms with Gasteiger partial charge in [-0.2, -0.15) is 0 Å². The molecule has 0 unspecified atom stereocenters. The van der Waals surface area contributed by atoms with E-state index in [-0.39, 0.29) is 41.5 Å². The van der Waals surface area contributed by atoms with Gasteiger partial charge in [0.15, 0.2) is 6.16 Å². The van der Waals surface area contributed by atoms with E-state index in [0.29, 0.717) is 5.69 Å². The molecule has 0 atom stereocenters. The number of hydrogen-bond acceptors (Lipinski definition) is 4. The van der Waals surface area contributed by atoms with Crippen molar-refractivity contribution in [3.8, 4) is 10.6 Å². The molecule has 0 aliphatic carbocycles. The first-order chi connectivity index (χ1) is 17.6. The Balaban J connectivity index is 0.00000320. The molecule has 5 rings (SSSR count). The van der Waals surface area contributed by atoms with Crippen molar-refractivity contribution in [2.24, 2.45) is 0 Å². The van der Waals surface area contributed by atoms with E-state index >= 15 is 0 Å². The number of thiazole rings is 1. The number of nitrogens with zero attached hydrogens (tertiary/aromatic N) is 1. The monoisotopic (exact) mass is 591 g/mol. The van der Waals surface area contributed by atoms with Crippen molar-refractivity contribution in [3.63, 3.8) is 0 Å². The average Bonchev–Trinajstić information content (AvgIpc) is 3.42. The highest BCUT2D eigenvalue weighted by atomic mass is 79.9. The summed E-state index contributed by atoms with van der Waals surface area (Å²) in [7, 11) is -2.31. The molecule has 37 heavy (non-hydrogen) atoms. The van der Waals surface area contributed by atoms with Crippen molar-refractivity contribution in [1.29, 1.82) is 0 Å². The van der Waals surface area contributed by atoms with Crippen molar-refractivity contribution in [2.75, 3.05) is 6.16 Å². The van der Waals surface area contributed by atoms with E-state index in [1.54, 1.807) is 12.1 Å². The van der Waals surface area contributed by atoms with Crippen LogP contribution in [-0.4, -0.2) is 17.1 Å². The summed E-state index contributed by atoms with van der Waals surface area (Å²) in [5, 5.41) is 6.03. The van der Waals surface area contributed by atoms with Crippen molar-refractivity contribution in [1.82, 2.24) is 4.98 Å². The number of carbonyl (C=O) groups is 1. The quantitative estimate of drug-likeness (QED) is 0.206. The summed E-state index contributed by atoms with van der Waals surface area (Å²) in [4.78, 5) is 18.0. The van der Waals surface area contributed by atoms with Crippen molar-refractivity contribution in [2.45, 2.75) is 6.61 Å². The van der Waals surface area contributed by atoms with Crippen LogP contribution in [0.25, 0.3) is 10.6 Å². The van der Waals surface area contributed by atoms with Crippen LogP contribution in [-0.2, 0) is 16.1 Å². The molecule has 0 amide bonds. The minimum atomic E-state index is -2.31. The van der Waals surface area contributed by atoms with Gasteiger partial charge in [0, 0.05) is 10.9 Å². The second-order valence-corrected chi connectivity index (χ2v) is 12.6. The Labute approximate surface area is 231 Å². The van der Waals surface area contributed by atoms with E-state index in [4.69, 9.17) is 4.74 Å². The zero-order valence-electron chi connectivity index (χ0n) is 19.8. The van der Waals surface area contributed by atoms with Gasteiger partial charge in [0.25, 0.3) is 0 Å². The number of esters is 1. The lowest BCUT2D eigenvalue weighted by Crippen LogP contribution is -3.00. The highest BCUT2D eigenvalue weighted by molar-refractivity contribution is 7.96. The molecule has 0 aliphatic heterocycles. The predicted octanol–water partition coefficient (Wildman–Crippen LogP) is 2.99. The smallest absolute Gasteiger partial charge is 0.345 e. The van der Waals surface area contributed by atoms with E-state index < -0.39 is 7.26 Å². The summed E-state index contributed by atoms with van der Waals surface area (Å²) in [6.45, 7) is 0.0922. The summed E-state index contributed by atoms with van der Waals surface area (Å²) in [6, 6.07) is 37.0. The van der Waals surface area contributed by atoms with E-state index in [1.807, 2.05) is 60.0 Å². The van der Waals surface area contributed by atoms with Gasteiger partial charge in [-0.15, -0.1) is 11.3 Å². The zero-order valence-corrected chi connectivity index (χ0v) is 23.1. The molecular formula is C30H24BrFNO2PS. The fourth-order valence-corrected chi connectivity index (χ4v) is 9.04. The Morgan fingerprint density at radius 1 is 0.757 bits per heavy atom. The number of rotatable bonds is 8. The van der Waals surface area contributed by atoms with Crippen LogP contribution >= 0.6 is 18.6 Å². The number of ether oxygens (including phenoxy) is 1. The molecule has 1 heterocycles. The van der Waals surface area contributed by atoms with E-state index in [9.17, 15) is 9.18 Å². The van der Waals surface area contributed by atoms with Crippen molar-refractivity contribution in [3.05, 3.63) is 132 Å². The average molecular weight is 592 g/mol. The van der Waals surface area contributed by atoms with Crippen LogP contribution in [0.3, 0.4) is 0 Å². The van der Waals surface area contributed by atoms with Crippen LogP contribution in [0.1, 0.15) is 5.69 Å². The molecule has 0 fully saturated rings. The van der Waals surface area contributed by atoms with Gasteiger partial charge >= 0.3 is 5.97 Å². The maximum atomic E-state index is 13.4. The van der Waals surface area contributed by atoms with Crippen LogP contribution in [0.2, 0.25) is 0 Å². The van der Waals surface area contributed by atoms with Crippen LogP contribution in [0.5, 0.6) is 0 Å². The maximum Gasteiger partial charge on any atom is 0.345 e. The first-order valence-corrected chi connectivity index (χ1v) is 14.4. The van der Waals surface area contributed by atoms with Crippen molar-refractivity contribution >= 4 is 40.5 Å². The molecule has 1 aromatic heterocycles. The van der Waals surface area contributed by atoms with E-state index in [1.165, 1.54) is 23.5 Å². The molecule has 0 N–H and O–H groups in total. The molecule has 3 nitrogen and oxygen atoms in total. The molecule has 4 aromatic carbocycles. The summed E-state index contributed by atoms with van der Waals surface area (Å²) in [6.07, 6.45) is 0.250. The van der Waals surface area contributed by atoms with E-state index in [2.05, 4.69) is 41.4 Å². The molecule has 7 heteroatoms. The highest BCUT2D eigenvalue weighted by Crippen LogP contribution is 2.55. The molecule has 0 saturated carbocycles. The SMILES string of the molecule is O=C(C[P+](c1ccccc1)(c1ccccc1)c1ccccc1)OCc1csc(-c2ccc(F)cc2)n1.[Br-]. The topological polar surface area (TPSA) is 39.2 Å². The summed E-state index contributed by atoms with van der Waals surface area (Å²) in [5.41, 5.74) is 1.51. The molecule has 0 spiro atoms. The van der Waals surface area contributed by atoms with Gasteiger partial charge in [-0.05, 0) is 60.7 Å². The Kier molecular flexibility index (Phi) is 8.99. The number of aromatic nitrogens is 1. The molecule has 0 bridgehead atoms. The summed E-state index contributed by atoms with van der Waals surface area (Å²) >= 11 is 1.45. The lowest BCUT2D eigenvalue weighted by atomic mass is 10.2. The van der Waals surface area contributed by atoms with E-state index in [0.717, 1.165) is 26.5 Å². The van der Waals surface area contributed by atoms with Gasteiger partial charge in [0.05, 0.1) is 5.69 Å². The third kappa shape index (κ3) is 6.04. The Bertz CT molecular complexity index is 1330. The largest absolute Gasteiger partial charge is 1.00 e. The summed E-state index contributed by atoms with van der Waals surface area (Å²) < 4.78 is 19.0. The maximum absolute atomic E-state index is 13.4. The molecule has 0 radical (unpaired) electrons. The van der Waals surface area contributed by atoms with Gasteiger partial charge in [0.1, 0.15) is 40.6 Å². The highest BCUT2D eigenvalue weighted by Gasteiger charge is 2.47. The standard InChI is InChI=1S/C30H24FNO2PS.BrH/c31-24-18-16-23(17-19-24)30-32-25(22-36-30)20-34-29(33)21-35(26-10-4-1-5-11-26,27-12-6-2-7-13-27)28-14-8-3-9-15-28;/h1-19,22H,20-21H2;1H/q+1;/p-1. The Morgan fingerprint density at radius 3 is 1.73 bits per heavy atom. The Hall–Kier alpha value is -3.18. The van der Waals surface area contributed by atoms with Gasteiger partial charge in [-0.25, -0.2) is 14.2 Å². The molecular weight excluding hydrogens is 568 g/mol. The fourth-order valence-electron chi connectivity index (χ4n) is 4.26. The minimum absolute atomic E-state index is 0. The van der Waals surface area contributed by atoms with Gasteiger partial charge in [-0.3, -0.25) is 0 Å². The lowest BCUT2D eigenvalue weighted by molar-refractivity contribution is -0.141. The molecule has 5 aromatic rings. The molecule has 0 aliphatic rings. The number of benzene rings is 4. The normalized spacial score (nSPS) is 10.9. The van der Waals surface area contributed by atoms with Crippen LogP contribution < -0.4 is 32.9 Å². The minimum Gasteiger partial charge on any atom is -1.00 e. The third-order valence-corrected chi connectivity index (χ3v) is 11.2. The fraction of sp³-hybridized carbons (Fsp3) is 0.0667. The lowest BCUT2D eigenvalue weighted by Gasteiger charge is -2.26. The third-order valence-electron chi connectivity index (χ3n) is 5.98. The molecule has 0 saturated heterocycles. The number of halogens is 2. The van der Waals surface area contributed by atoms with Crippen LogP contribution in [0.15, 0.2) is 121 Å². The zero-order chi connectivity index (χ0) is 24.8. The van der Waals surface area contributed by atoms with Crippen LogP contribution in [0, 0.1) is 5.82 Å². The first-order valence-electron chi connectivity index (χ1n) is 11.6. The van der Waals surface area contributed by atoms with Gasteiger partial charge in [-0.1, -0.05) is 54.6 Å². The second-order valence-electron chi connectivity index (χ2n) is 8.29. The predicted molar refractivity (Wildman–Crippen MR) is 147 cm³/mol. The summed E-state index contributed by atoms with van der Waals surface area (Å²) in [5.74, 6) is -0.553. The number of carbonyl (C=O) groups excluding carboxylic acids is 1. The first kappa shape index (κ1) is 26.9.